The van der Waals surface area contributed by atoms with Crippen LogP contribution in [0.5, 0.6) is 0 Å². The Balaban J connectivity index is 1.46. The number of nitrogens with zero attached hydrogens (tertiary/aromatic N) is 1. The molecule has 0 spiro atoms. The first kappa shape index (κ1) is 15.4. The summed E-state index contributed by atoms with van der Waals surface area (Å²) in [4.78, 5) is 12.6. The Hall–Kier alpha value is -2.54. The summed E-state index contributed by atoms with van der Waals surface area (Å²) in [5, 5.41) is 6.63. The maximum atomic E-state index is 12.8. The number of aromatic nitrogens is 1. The van der Waals surface area contributed by atoms with E-state index in [0.29, 0.717) is 17.2 Å². The molecule has 3 rings (SSSR count). The Kier molecular flexibility index (Phi) is 4.77. The molecule has 0 atom stereocenters. The number of thioether (sulfide) groups is 1. The second-order valence-electron chi connectivity index (χ2n) is 4.68. The second kappa shape index (κ2) is 7.15. The molecular formula is C16H13FN2O3S. The van der Waals surface area contributed by atoms with E-state index in [4.69, 9.17) is 8.94 Å². The third-order valence-corrected chi connectivity index (χ3v) is 3.99. The lowest BCUT2D eigenvalue weighted by atomic mass is 10.3. The first-order valence-corrected chi connectivity index (χ1v) is 7.84. The van der Waals surface area contributed by atoms with Crippen LogP contribution in [0.1, 0.15) is 5.69 Å². The van der Waals surface area contributed by atoms with Crippen LogP contribution in [-0.2, 0) is 11.3 Å². The zero-order valence-corrected chi connectivity index (χ0v) is 12.8. The Morgan fingerprint density at radius 2 is 2.04 bits per heavy atom. The summed E-state index contributed by atoms with van der Waals surface area (Å²) in [6, 6.07) is 11.2. The van der Waals surface area contributed by atoms with Crippen LogP contribution in [0.25, 0.3) is 11.5 Å². The van der Waals surface area contributed by atoms with Crippen molar-refractivity contribution in [2.75, 3.05) is 5.75 Å². The average molecular weight is 332 g/mol. The first-order valence-electron chi connectivity index (χ1n) is 6.85. The molecule has 0 fully saturated rings. The van der Waals surface area contributed by atoms with E-state index in [1.54, 1.807) is 36.6 Å². The van der Waals surface area contributed by atoms with Gasteiger partial charge in [0.05, 0.1) is 18.6 Å². The normalized spacial score (nSPS) is 10.7. The monoisotopic (exact) mass is 332 g/mol. The van der Waals surface area contributed by atoms with Gasteiger partial charge >= 0.3 is 0 Å². The van der Waals surface area contributed by atoms with Gasteiger partial charge in [-0.05, 0) is 36.4 Å². The van der Waals surface area contributed by atoms with Crippen LogP contribution in [0.4, 0.5) is 4.39 Å². The molecule has 0 unspecified atom stereocenters. The number of carbonyl (C=O) groups excluding carboxylic acids is 1. The predicted molar refractivity (Wildman–Crippen MR) is 83.2 cm³/mol. The van der Waals surface area contributed by atoms with Gasteiger partial charge in [0.25, 0.3) is 0 Å². The summed E-state index contributed by atoms with van der Waals surface area (Å²) in [6.07, 6.45) is 1.55. The molecule has 1 aromatic carbocycles. The van der Waals surface area contributed by atoms with Crippen molar-refractivity contribution >= 4 is 17.7 Å². The number of halogens is 1. The van der Waals surface area contributed by atoms with Crippen molar-refractivity contribution in [2.45, 2.75) is 11.4 Å². The molecular weight excluding hydrogens is 319 g/mol. The minimum absolute atomic E-state index is 0.137. The average Bonchev–Trinajstić information content (AvgIpc) is 3.23. The van der Waals surface area contributed by atoms with Gasteiger partial charge in [-0.25, -0.2) is 4.39 Å². The van der Waals surface area contributed by atoms with Crippen molar-refractivity contribution in [1.82, 2.24) is 10.5 Å². The van der Waals surface area contributed by atoms with Crippen molar-refractivity contribution in [3.05, 3.63) is 60.2 Å². The number of amides is 1. The van der Waals surface area contributed by atoms with Gasteiger partial charge in [-0.2, -0.15) is 0 Å². The highest BCUT2D eigenvalue weighted by Gasteiger charge is 2.10. The van der Waals surface area contributed by atoms with Crippen LogP contribution >= 0.6 is 11.8 Å². The molecule has 1 N–H and O–H groups in total. The van der Waals surface area contributed by atoms with Crippen molar-refractivity contribution in [3.8, 4) is 11.5 Å². The predicted octanol–water partition coefficient (Wildman–Crippen LogP) is 3.48. The largest absolute Gasteiger partial charge is 0.461 e. The summed E-state index contributed by atoms with van der Waals surface area (Å²) < 4.78 is 23.1. The lowest BCUT2D eigenvalue weighted by molar-refractivity contribution is -0.118. The number of furan rings is 1. The van der Waals surface area contributed by atoms with Crippen LogP contribution in [0.2, 0.25) is 0 Å². The van der Waals surface area contributed by atoms with Crippen molar-refractivity contribution < 1.29 is 18.1 Å². The highest BCUT2D eigenvalue weighted by molar-refractivity contribution is 8.00. The molecule has 0 radical (unpaired) electrons. The second-order valence-corrected chi connectivity index (χ2v) is 5.73. The van der Waals surface area contributed by atoms with E-state index in [2.05, 4.69) is 10.5 Å². The molecule has 1 amide bonds. The zero-order chi connectivity index (χ0) is 16.1. The minimum atomic E-state index is -0.294. The Morgan fingerprint density at radius 1 is 1.22 bits per heavy atom. The number of carbonyl (C=O) groups is 1. The third kappa shape index (κ3) is 4.23. The maximum absolute atomic E-state index is 12.8. The summed E-state index contributed by atoms with van der Waals surface area (Å²) in [5.74, 6) is 0.912. The number of hydrogen-bond acceptors (Lipinski definition) is 5. The molecule has 0 saturated heterocycles. The Bertz CT molecular complexity index is 769. The van der Waals surface area contributed by atoms with Crippen LogP contribution < -0.4 is 5.32 Å². The third-order valence-electron chi connectivity index (χ3n) is 2.97. The SMILES string of the molecule is O=C(CSc1ccc(F)cc1)NCc1cc(-c2ccco2)on1. The molecule has 2 aromatic heterocycles. The highest BCUT2D eigenvalue weighted by Crippen LogP contribution is 2.20. The molecule has 0 aliphatic rings. The molecule has 0 aliphatic carbocycles. The summed E-state index contributed by atoms with van der Waals surface area (Å²) >= 11 is 1.34. The number of hydrogen-bond donors (Lipinski definition) is 1. The Morgan fingerprint density at radius 3 is 2.78 bits per heavy atom. The standard InChI is InChI=1S/C16H13FN2O3S/c17-11-3-5-13(6-4-11)23-10-16(20)18-9-12-8-15(22-19-12)14-2-1-7-21-14/h1-8H,9-10H2,(H,18,20). The molecule has 0 saturated carbocycles. The Labute approximate surface area is 135 Å². The van der Waals surface area contributed by atoms with Gasteiger partial charge in [0.1, 0.15) is 11.5 Å². The van der Waals surface area contributed by atoms with E-state index in [9.17, 15) is 9.18 Å². The molecule has 2 heterocycles. The number of rotatable bonds is 6. The summed E-state index contributed by atoms with van der Waals surface area (Å²) in [5.41, 5.74) is 0.608. The topological polar surface area (TPSA) is 68.3 Å². The molecule has 5 nitrogen and oxygen atoms in total. The highest BCUT2D eigenvalue weighted by atomic mass is 32.2. The molecule has 23 heavy (non-hydrogen) atoms. The van der Waals surface area contributed by atoms with Gasteiger partial charge in [0.2, 0.25) is 11.7 Å². The van der Waals surface area contributed by atoms with Gasteiger partial charge in [-0.1, -0.05) is 5.16 Å². The minimum Gasteiger partial charge on any atom is -0.461 e. The fourth-order valence-electron chi connectivity index (χ4n) is 1.85. The molecule has 7 heteroatoms. The summed E-state index contributed by atoms with van der Waals surface area (Å²) in [7, 11) is 0. The van der Waals surface area contributed by atoms with Crippen LogP contribution in [0.15, 0.2) is 62.6 Å². The molecule has 0 bridgehead atoms. The number of nitrogens with one attached hydrogen (secondary N) is 1. The van der Waals surface area contributed by atoms with E-state index in [-0.39, 0.29) is 24.0 Å². The van der Waals surface area contributed by atoms with E-state index in [1.807, 2.05) is 0 Å². The van der Waals surface area contributed by atoms with E-state index < -0.39 is 0 Å². The van der Waals surface area contributed by atoms with Gasteiger partial charge in [-0.15, -0.1) is 11.8 Å². The lowest BCUT2D eigenvalue weighted by Crippen LogP contribution is -2.24. The van der Waals surface area contributed by atoms with Gasteiger partial charge in [0.15, 0.2) is 5.76 Å². The lowest BCUT2D eigenvalue weighted by Gasteiger charge is -2.03. The fourth-order valence-corrected chi connectivity index (χ4v) is 2.58. The van der Waals surface area contributed by atoms with Crippen molar-refractivity contribution in [2.24, 2.45) is 0 Å². The van der Waals surface area contributed by atoms with Crippen molar-refractivity contribution in [1.29, 1.82) is 0 Å². The molecule has 0 aliphatic heterocycles. The fraction of sp³-hybridized carbons (Fsp3) is 0.125. The first-order chi connectivity index (χ1) is 11.2. The molecule has 118 valence electrons. The van der Waals surface area contributed by atoms with Crippen LogP contribution in [0.3, 0.4) is 0 Å². The van der Waals surface area contributed by atoms with E-state index in [1.165, 1.54) is 23.9 Å². The summed E-state index contributed by atoms with van der Waals surface area (Å²) in [6.45, 7) is 0.271. The molecule has 3 aromatic rings. The smallest absolute Gasteiger partial charge is 0.230 e. The van der Waals surface area contributed by atoms with Gasteiger partial charge in [0, 0.05) is 11.0 Å². The quantitative estimate of drug-likeness (QED) is 0.700. The van der Waals surface area contributed by atoms with Crippen molar-refractivity contribution in [3.63, 3.8) is 0 Å². The zero-order valence-electron chi connectivity index (χ0n) is 12.0. The van der Waals surface area contributed by atoms with Crippen LogP contribution in [0, 0.1) is 5.82 Å². The maximum Gasteiger partial charge on any atom is 0.230 e. The van der Waals surface area contributed by atoms with Gasteiger partial charge < -0.3 is 14.3 Å². The van der Waals surface area contributed by atoms with E-state index >= 15 is 0 Å². The van der Waals surface area contributed by atoms with Gasteiger partial charge in [-0.3, -0.25) is 4.79 Å². The van der Waals surface area contributed by atoms with Crippen LogP contribution in [-0.4, -0.2) is 16.8 Å². The number of benzene rings is 1. The van der Waals surface area contributed by atoms with E-state index in [0.717, 1.165) is 4.90 Å².